The summed E-state index contributed by atoms with van der Waals surface area (Å²) in [6, 6.07) is 6.04. The predicted octanol–water partition coefficient (Wildman–Crippen LogP) is 3.20. The second kappa shape index (κ2) is 7.50. The van der Waals surface area contributed by atoms with Crippen molar-refractivity contribution in [3.8, 4) is 0 Å². The largest absolute Gasteiger partial charge is 0.362 e. The molecule has 1 saturated heterocycles. The van der Waals surface area contributed by atoms with Gasteiger partial charge in [-0.2, -0.15) is 8.42 Å². The summed E-state index contributed by atoms with van der Waals surface area (Å²) in [4.78, 5) is 14.3. The number of rotatable bonds is 4. The highest BCUT2D eigenvalue weighted by molar-refractivity contribution is 7.90. The molecule has 0 bridgehead atoms. The van der Waals surface area contributed by atoms with E-state index in [9.17, 15) is 13.2 Å². The molecule has 3 rings (SSSR count). The van der Waals surface area contributed by atoms with Crippen molar-refractivity contribution in [1.29, 1.82) is 0 Å². The van der Waals surface area contributed by atoms with Crippen LogP contribution in [0, 0.1) is 5.41 Å². The Bertz CT molecular complexity index is 848. The molecule has 2 N–H and O–H groups in total. The molecule has 1 aliphatic heterocycles. The molecule has 1 aliphatic carbocycles. The van der Waals surface area contributed by atoms with Gasteiger partial charge < -0.3 is 15.5 Å². The van der Waals surface area contributed by atoms with Crippen molar-refractivity contribution in [2.45, 2.75) is 56.9 Å². The Kier molecular flexibility index (Phi) is 5.46. The van der Waals surface area contributed by atoms with Crippen LogP contribution in [0.2, 0.25) is 0 Å². The molecule has 2 fully saturated rings. The van der Waals surface area contributed by atoms with E-state index in [1.165, 1.54) is 12.1 Å². The third kappa shape index (κ3) is 4.61. The SMILES string of the molecule is CN1CCCC1=NS(=O)(=O)c1cccc(NC(=O)NC2CCCC2(C)C)c1. The number of benzene rings is 1. The van der Waals surface area contributed by atoms with Gasteiger partial charge in [0.15, 0.2) is 0 Å². The fourth-order valence-corrected chi connectivity index (χ4v) is 4.90. The number of carbonyl (C=O) groups excluding carboxylic acids is 1. The molecule has 148 valence electrons. The van der Waals surface area contributed by atoms with Gasteiger partial charge in [0.2, 0.25) is 0 Å². The van der Waals surface area contributed by atoms with Crippen LogP contribution in [0.25, 0.3) is 0 Å². The highest BCUT2D eigenvalue weighted by Crippen LogP contribution is 2.37. The van der Waals surface area contributed by atoms with E-state index in [2.05, 4.69) is 28.9 Å². The summed E-state index contributed by atoms with van der Waals surface area (Å²) < 4.78 is 29.2. The van der Waals surface area contributed by atoms with Crippen molar-refractivity contribution in [3.63, 3.8) is 0 Å². The monoisotopic (exact) mass is 392 g/mol. The van der Waals surface area contributed by atoms with Crippen molar-refractivity contribution in [2.75, 3.05) is 18.9 Å². The van der Waals surface area contributed by atoms with Gasteiger partial charge in [-0.1, -0.05) is 26.3 Å². The van der Waals surface area contributed by atoms with Crippen LogP contribution >= 0.6 is 0 Å². The molecule has 1 aromatic carbocycles. The number of nitrogens with one attached hydrogen (secondary N) is 2. The Labute approximate surface area is 161 Å². The minimum Gasteiger partial charge on any atom is -0.362 e. The summed E-state index contributed by atoms with van der Waals surface area (Å²) in [5.74, 6) is 0.578. The number of sulfonamides is 1. The van der Waals surface area contributed by atoms with Crippen LogP contribution in [0.15, 0.2) is 33.6 Å². The van der Waals surface area contributed by atoms with Crippen molar-refractivity contribution >= 4 is 27.6 Å². The lowest BCUT2D eigenvalue weighted by atomic mass is 9.87. The Hall–Kier alpha value is -2.09. The van der Waals surface area contributed by atoms with E-state index in [-0.39, 0.29) is 22.4 Å². The van der Waals surface area contributed by atoms with E-state index in [1.54, 1.807) is 12.1 Å². The number of hydrogen-bond donors (Lipinski definition) is 2. The van der Waals surface area contributed by atoms with Gasteiger partial charge in [-0.15, -0.1) is 4.40 Å². The van der Waals surface area contributed by atoms with Gasteiger partial charge in [0.05, 0.1) is 4.90 Å². The van der Waals surface area contributed by atoms with E-state index < -0.39 is 10.0 Å². The Morgan fingerprint density at radius 3 is 2.70 bits per heavy atom. The van der Waals surface area contributed by atoms with Crippen LogP contribution in [0.5, 0.6) is 0 Å². The van der Waals surface area contributed by atoms with Crippen LogP contribution in [0.4, 0.5) is 10.5 Å². The smallest absolute Gasteiger partial charge is 0.319 e. The molecule has 1 heterocycles. The molecule has 0 aromatic heterocycles. The van der Waals surface area contributed by atoms with E-state index in [1.807, 2.05) is 11.9 Å². The standard InChI is InChI=1S/C19H28N4O3S/c1-19(2)11-5-9-16(19)21-18(24)20-14-7-4-8-15(13-14)27(25,26)22-17-10-6-12-23(17)3/h4,7-8,13,16H,5-6,9-12H2,1-3H3,(H2,20,21,24). The van der Waals surface area contributed by atoms with Crippen molar-refractivity contribution in [3.05, 3.63) is 24.3 Å². The minimum atomic E-state index is -3.80. The molecule has 1 unspecified atom stereocenters. The third-order valence-electron chi connectivity index (χ3n) is 5.51. The number of likely N-dealkylation sites (tertiary alicyclic amines) is 1. The quantitative estimate of drug-likeness (QED) is 0.823. The van der Waals surface area contributed by atoms with Crippen molar-refractivity contribution in [2.24, 2.45) is 9.81 Å². The number of amides is 2. The fourth-order valence-electron chi connectivity index (χ4n) is 3.76. The van der Waals surface area contributed by atoms with Crippen LogP contribution in [0.1, 0.15) is 46.0 Å². The van der Waals surface area contributed by atoms with Crippen LogP contribution in [-0.4, -0.2) is 44.8 Å². The van der Waals surface area contributed by atoms with Gasteiger partial charge in [-0.05, 0) is 42.9 Å². The summed E-state index contributed by atoms with van der Waals surface area (Å²) >= 11 is 0. The number of nitrogens with zero attached hydrogens (tertiary/aromatic N) is 2. The Balaban J connectivity index is 1.71. The average Bonchev–Trinajstić information content (AvgIpc) is 3.13. The van der Waals surface area contributed by atoms with Gasteiger partial charge in [-0.3, -0.25) is 0 Å². The van der Waals surface area contributed by atoms with Gasteiger partial charge in [-0.25, -0.2) is 4.79 Å². The van der Waals surface area contributed by atoms with E-state index in [0.717, 1.165) is 32.2 Å². The zero-order chi connectivity index (χ0) is 19.7. The normalized spacial score (nSPS) is 23.6. The predicted molar refractivity (Wildman–Crippen MR) is 107 cm³/mol. The van der Waals surface area contributed by atoms with Crippen LogP contribution in [0.3, 0.4) is 0 Å². The molecule has 8 heteroatoms. The van der Waals surface area contributed by atoms with E-state index >= 15 is 0 Å². The molecule has 1 atom stereocenters. The lowest BCUT2D eigenvalue weighted by Gasteiger charge is -2.27. The first-order chi connectivity index (χ1) is 12.7. The van der Waals surface area contributed by atoms with Gasteiger partial charge in [0.1, 0.15) is 5.84 Å². The number of hydrogen-bond acceptors (Lipinski definition) is 3. The van der Waals surface area contributed by atoms with E-state index in [0.29, 0.717) is 17.9 Å². The molecule has 7 nitrogen and oxygen atoms in total. The number of anilines is 1. The first kappa shape index (κ1) is 19.7. The summed E-state index contributed by atoms with van der Waals surface area (Å²) in [6.07, 6.45) is 4.71. The molecular weight excluding hydrogens is 364 g/mol. The fraction of sp³-hybridized carbons (Fsp3) is 0.579. The average molecular weight is 393 g/mol. The first-order valence-corrected chi connectivity index (χ1v) is 10.8. The summed E-state index contributed by atoms with van der Waals surface area (Å²) in [7, 11) is -1.96. The molecule has 2 aliphatic rings. The maximum Gasteiger partial charge on any atom is 0.319 e. The summed E-state index contributed by atoms with van der Waals surface area (Å²) in [6.45, 7) is 5.11. The first-order valence-electron chi connectivity index (χ1n) is 9.40. The summed E-state index contributed by atoms with van der Waals surface area (Å²) in [5, 5.41) is 5.75. The molecule has 2 amide bonds. The Morgan fingerprint density at radius 1 is 1.30 bits per heavy atom. The second-order valence-electron chi connectivity index (χ2n) is 8.07. The van der Waals surface area contributed by atoms with Crippen LogP contribution < -0.4 is 10.6 Å². The molecular formula is C19H28N4O3S. The topological polar surface area (TPSA) is 90.9 Å². The van der Waals surface area contributed by atoms with Gasteiger partial charge >= 0.3 is 6.03 Å². The molecule has 1 saturated carbocycles. The number of amidine groups is 1. The van der Waals surface area contributed by atoms with Gasteiger partial charge in [0, 0.05) is 31.7 Å². The molecule has 27 heavy (non-hydrogen) atoms. The van der Waals surface area contributed by atoms with Crippen LogP contribution in [-0.2, 0) is 10.0 Å². The van der Waals surface area contributed by atoms with Crippen molar-refractivity contribution in [1.82, 2.24) is 10.2 Å². The maximum absolute atomic E-state index is 12.6. The zero-order valence-electron chi connectivity index (χ0n) is 16.2. The number of urea groups is 1. The lowest BCUT2D eigenvalue weighted by molar-refractivity contribution is 0.233. The third-order valence-corrected chi connectivity index (χ3v) is 6.81. The van der Waals surface area contributed by atoms with E-state index in [4.69, 9.17) is 0 Å². The Morgan fingerprint density at radius 2 is 2.07 bits per heavy atom. The van der Waals surface area contributed by atoms with Gasteiger partial charge in [0.25, 0.3) is 10.0 Å². The highest BCUT2D eigenvalue weighted by atomic mass is 32.2. The molecule has 1 aromatic rings. The molecule has 0 spiro atoms. The molecule has 0 radical (unpaired) electrons. The number of carbonyl (C=O) groups is 1. The highest BCUT2D eigenvalue weighted by Gasteiger charge is 2.35. The summed E-state index contributed by atoms with van der Waals surface area (Å²) in [5.41, 5.74) is 0.510. The van der Waals surface area contributed by atoms with Crippen molar-refractivity contribution < 1.29 is 13.2 Å². The zero-order valence-corrected chi connectivity index (χ0v) is 17.0. The minimum absolute atomic E-state index is 0.0753. The lowest BCUT2D eigenvalue weighted by Crippen LogP contribution is -2.43. The second-order valence-corrected chi connectivity index (χ2v) is 9.67. The maximum atomic E-state index is 12.6.